The lowest BCUT2D eigenvalue weighted by Gasteiger charge is -2.24. The van der Waals surface area contributed by atoms with Crippen LogP contribution in [-0.4, -0.2) is 35.9 Å². The van der Waals surface area contributed by atoms with Crippen molar-refractivity contribution in [3.8, 4) is 11.8 Å². The van der Waals surface area contributed by atoms with Crippen LogP contribution in [0.15, 0.2) is 66.1 Å². The van der Waals surface area contributed by atoms with E-state index in [9.17, 15) is 8.76 Å². The van der Waals surface area contributed by atoms with E-state index in [-0.39, 0.29) is 0 Å². The van der Waals surface area contributed by atoms with E-state index in [0.29, 0.717) is 11.3 Å². The van der Waals surface area contributed by atoms with E-state index in [0.717, 1.165) is 29.3 Å². The smallest absolute Gasteiger partial charge is 0.139 e. The average Bonchev–Trinajstić information content (AvgIpc) is 3.40. The molecule has 186 valence electrons. The number of nitriles is 1. The Morgan fingerprint density at radius 2 is 1.51 bits per heavy atom. The van der Waals surface area contributed by atoms with Gasteiger partial charge in [-0.15, -0.1) is 22.0 Å². The molecule has 1 heterocycles. The Labute approximate surface area is 213 Å². The van der Waals surface area contributed by atoms with Gasteiger partial charge in [0.05, 0.1) is 17.3 Å². The highest BCUT2D eigenvalue weighted by molar-refractivity contribution is 7.99. The first-order valence-electron chi connectivity index (χ1n) is 11.8. The van der Waals surface area contributed by atoms with Crippen LogP contribution in [-0.2, 0) is 11.4 Å². The van der Waals surface area contributed by atoms with Crippen molar-refractivity contribution in [2.24, 2.45) is 0 Å². The molecule has 0 aliphatic rings. The van der Waals surface area contributed by atoms with Crippen LogP contribution in [0.1, 0.15) is 56.9 Å². The Hall–Kier alpha value is -2.87. The molecule has 0 amide bonds. The second-order valence-corrected chi connectivity index (χ2v) is 9.80. The Morgan fingerprint density at radius 1 is 0.914 bits per heavy atom. The Balaban J connectivity index is 1.24. The number of nitrogens with zero attached hydrogens (tertiary/aromatic N) is 5. The van der Waals surface area contributed by atoms with Crippen LogP contribution in [0.4, 0.5) is 5.69 Å². The second kappa shape index (κ2) is 15.2. The Morgan fingerprint density at radius 3 is 2.11 bits per heavy atom. The van der Waals surface area contributed by atoms with Gasteiger partial charge in [-0.2, -0.15) is 5.26 Å². The summed E-state index contributed by atoms with van der Waals surface area (Å²) in [5.41, 5.74) is 1.67. The summed E-state index contributed by atoms with van der Waals surface area (Å²) in [6.07, 6.45) is 13.0. The van der Waals surface area contributed by atoms with Crippen molar-refractivity contribution < 1.29 is 12.9 Å². The van der Waals surface area contributed by atoms with Crippen LogP contribution in [0.3, 0.4) is 0 Å². The van der Waals surface area contributed by atoms with E-state index in [4.69, 9.17) is 5.26 Å². The van der Waals surface area contributed by atoms with Crippen LogP contribution in [0.25, 0.3) is 0 Å². The predicted molar refractivity (Wildman–Crippen MR) is 138 cm³/mol. The molecule has 8 nitrogen and oxygen atoms in total. The molecule has 35 heavy (non-hydrogen) atoms. The molecule has 0 bridgehead atoms. The molecule has 1 unspecified atom stereocenters. The van der Waals surface area contributed by atoms with Crippen molar-refractivity contribution in [3.63, 3.8) is 0 Å². The van der Waals surface area contributed by atoms with Crippen LogP contribution in [0.2, 0.25) is 0 Å². The van der Waals surface area contributed by atoms with E-state index < -0.39 is 11.4 Å². The minimum Gasteiger partial charge on any atom is -0.740 e. The molecule has 0 aliphatic heterocycles. The zero-order valence-corrected chi connectivity index (χ0v) is 21.3. The zero-order chi connectivity index (χ0) is 24.7. The summed E-state index contributed by atoms with van der Waals surface area (Å²) in [5, 5.41) is 19.0. The van der Waals surface area contributed by atoms with Crippen molar-refractivity contribution in [2.45, 2.75) is 56.3 Å². The highest BCUT2D eigenvalue weighted by atomic mass is 32.2. The zero-order valence-electron chi connectivity index (χ0n) is 19.6. The first kappa shape index (κ1) is 26.7. The molecule has 0 radical (unpaired) electrons. The van der Waals surface area contributed by atoms with Crippen molar-refractivity contribution in [1.29, 1.82) is 5.26 Å². The monoisotopic (exact) mass is 512 g/mol. The molecule has 1 aromatic heterocycles. The number of aromatic nitrogens is 3. The van der Waals surface area contributed by atoms with E-state index >= 15 is 0 Å². The van der Waals surface area contributed by atoms with Gasteiger partial charge in [0.1, 0.15) is 29.8 Å². The van der Waals surface area contributed by atoms with Crippen LogP contribution >= 0.6 is 11.8 Å². The second-order valence-electron chi connectivity index (χ2n) is 8.06. The average molecular weight is 513 g/mol. The molecule has 0 saturated heterocycles. The van der Waals surface area contributed by atoms with Gasteiger partial charge in [-0.1, -0.05) is 38.5 Å². The molecule has 2 aromatic carbocycles. The number of unbranched alkanes of at least 4 members (excludes halogenated alkanes) is 7. The highest BCUT2D eigenvalue weighted by Crippen LogP contribution is 2.23. The number of hydrogen-bond acceptors (Lipinski definition) is 8. The summed E-state index contributed by atoms with van der Waals surface area (Å²) in [7, 11) is 0. The van der Waals surface area contributed by atoms with Gasteiger partial charge in [-0.25, -0.2) is 8.89 Å². The first-order chi connectivity index (χ1) is 17.2. The minimum absolute atomic E-state index is 0.336. The fraction of sp³-hybridized carbons (Fsp3) is 0.400. The maximum atomic E-state index is 10.5. The van der Waals surface area contributed by atoms with Gasteiger partial charge < -0.3 is 8.74 Å². The molecule has 0 spiro atoms. The van der Waals surface area contributed by atoms with Crippen LogP contribution < -0.4 is 9.19 Å². The van der Waals surface area contributed by atoms with Gasteiger partial charge in [0.15, 0.2) is 0 Å². The quantitative estimate of drug-likeness (QED) is 0.141. The van der Waals surface area contributed by atoms with Gasteiger partial charge >= 0.3 is 0 Å². The largest absolute Gasteiger partial charge is 0.740 e. The number of anilines is 1. The molecule has 3 rings (SSSR count). The van der Waals surface area contributed by atoms with Crippen molar-refractivity contribution >= 4 is 28.8 Å². The third-order valence-electron chi connectivity index (χ3n) is 5.50. The summed E-state index contributed by atoms with van der Waals surface area (Å²) in [5.74, 6) is 1.39. The Bertz CT molecular complexity index is 1050. The molecule has 3 aromatic rings. The molecular formula is C25H30N5O3S2-. The molecule has 0 aliphatic carbocycles. The van der Waals surface area contributed by atoms with Crippen LogP contribution in [0, 0.1) is 11.3 Å². The maximum Gasteiger partial charge on any atom is 0.139 e. The fourth-order valence-electron chi connectivity index (χ4n) is 3.69. The summed E-state index contributed by atoms with van der Waals surface area (Å²) >= 11 is -0.744. The standard InChI is InChI=1S/C25H31N5O3S2/c26-19-22-9-11-23(12-10-22)30(29-20-27-28-21-29)17-7-5-3-1-2-4-6-8-18-34-25-15-13-24(14-16-25)33-35(31)32/h9-16,20-21H,1-8,17-18H2,(H,31,32)/p-1. The molecule has 0 fully saturated rings. The lowest BCUT2D eigenvalue weighted by molar-refractivity contribution is 0.440. The molecule has 0 saturated carbocycles. The Kier molecular flexibility index (Phi) is 11.6. The number of rotatable bonds is 16. The summed E-state index contributed by atoms with van der Waals surface area (Å²) in [6, 6.07) is 16.9. The van der Waals surface area contributed by atoms with E-state index in [1.54, 1.807) is 36.5 Å². The number of hydrogen-bond donors (Lipinski definition) is 0. The van der Waals surface area contributed by atoms with E-state index in [1.807, 2.05) is 41.1 Å². The van der Waals surface area contributed by atoms with Gasteiger partial charge in [-0.05, 0) is 67.1 Å². The number of benzene rings is 2. The molecular weight excluding hydrogens is 482 g/mol. The van der Waals surface area contributed by atoms with E-state index in [2.05, 4.69) is 25.5 Å². The molecule has 10 heteroatoms. The van der Waals surface area contributed by atoms with Gasteiger partial charge in [0, 0.05) is 11.4 Å². The third-order valence-corrected chi connectivity index (χ3v) is 6.93. The SMILES string of the molecule is N#Cc1ccc(N(CCCCCCCCCCSc2ccc(OS(=O)[O-])cc2)n2cnnc2)cc1. The molecule has 0 N–H and O–H groups in total. The van der Waals surface area contributed by atoms with Crippen molar-refractivity contribution in [1.82, 2.24) is 14.9 Å². The van der Waals surface area contributed by atoms with Gasteiger partial charge in [0.2, 0.25) is 0 Å². The first-order valence-corrected chi connectivity index (χ1v) is 13.8. The summed E-state index contributed by atoms with van der Waals surface area (Å²) in [4.78, 5) is 1.12. The summed E-state index contributed by atoms with van der Waals surface area (Å²) < 4.78 is 27.6. The number of thioether (sulfide) groups is 1. The van der Waals surface area contributed by atoms with E-state index in [1.165, 1.54) is 44.9 Å². The van der Waals surface area contributed by atoms with Gasteiger partial charge in [-0.3, -0.25) is 5.01 Å². The normalized spacial score (nSPS) is 11.7. The third kappa shape index (κ3) is 9.72. The van der Waals surface area contributed by atoms with Crippen LogP contribution in [0.5, 0.6) is 5.75 Å². The predicted octanol–water partition coefficient (Wildman–Crippen LogP) is 5.51. The summed E-state index contributed by atoms with van der Waals surface area (Å²) in [6.45, 7) is 0.864. The highest BCUT2D eigenvalue weighted by Gasteiger charge is 2.09. The maximum absolute atomic E-state index is 10.5. The minimum atomic E-state index is -2.53. The fourth-order valence-corrected chi connectivity index (χ4v) is 4.87. The topological polar surface area (TPSA) is 107 Å². The van der Waals surface area contributed by atoms with Crippen molar-refractivity contribution in [2.75, 3.05) is 17.3 Å². The molecule has 1 atom stereocenters. The lowest BCUT2D eigenvalue weighted by atomic mass is 10.1. The van der Waals surface area contributed by atoms with Gasteiger partial charge in [0.25, 0.3) is 0 Å². The lowest BCUT2D eigenvalue weighted by Crippen LogP contribution is -2.29. The van der Waals surface area contributed by atoms with Crippen molar-refractivity contribution in [3.05, 3.63) is 66.7 Å².